The van der Waals surface area contributed by atoms with Gasteiger partial charge in [-0.2, -0.15) is 0 Å². The summed E-state index contributed by atoms with van der Waals surface area (Å²) in [5.41, 5.74) is -0.102. The van der Waals surface area contributed by atoms with E-state index in [0.717, 1.165) is 32.4 Å². The van der Waals surface area contributed by atoms with Crippen molar-refractivity contribution in [1.82, 2.24) is 5.32 Å². The summed E-state index contributed by atoms with van der Waals surface area (Å²) in [5, 5.41) is 3.36. The molecule has 0 aliphatic heterocycles. The Hall–Kier alpha value is -0.610. The van der Waals surface area contributed by atoms with Crippen molar-refractivity contribution in [2.75, 3.05) is 13.1 Å². The molecule has 0 bridgehead atoms. The van der Waals surface area contributed by atoms with Crippen LogP contribution in [0.3, 0.4) is 0 Å². The molecule has 0 unspecified atom stereocenters. The van der Waals surface area contributed by atoms with Crippen LogP contribution in [-0.4, -0.2) is 18.7 Å². The summed E-state index contributed by atoms with van der Waals surface area (Å²) in [7, 11) is 0. The maximum Gasteiger partial charge on any atom is 0.141 e. The summed E-state index contributed by atoms with van der Waals surface area (Å²) in [6.07, 6.45) is 3.20. The fourth-order valence-corrected chi connectivity index (χ4v) is 1.98. The van der Waals surface area contributed by atoms with Crippen molar-refractivity contribution in [1.29, 1.82) is 0 Å². The van der Waals surface area contributed by atoms with Crippen LogP contribution in [-0.2, 0) is 0 Å². The second kappa shape index (κ2) is 5.36. The topological polar surface area (TPSA) is 21.3 Å². The molecule has 0 radical (unpaired) electrons. The highest BCUT2D eigenvalue weighted by molar-refractivity contribution is 9.10. The Morgan fingerprint density at radius 3 is 2.82 bits per heavy atom. The van der Waals surface area contributed by atoms with Crippen LogP contribution in [0.5, 0.6) is 5.75 Å². The van der Waals surface area contributed by atoms with E-state index >= 15 is 0 Å². The van der Waals surface area contributed by atoms with Crippen LogP contribution >= 0.6 is 15.9 Å². The van der Waals surface area contributed by atoms with Crippen molar-refractivity contribution in [3.8, 4) is 5.75 Å². The largest absolute Gasteiger partial charge is 0.486 e. The molecule has 0 aromatic heterocycles. The van der Waals surface area contributed by atoms with E-state index in [1.54, 1.807) is 12.1 Å². The zero-order chi connectivity index (χ0) is 12.3. The summed E-state index contributed by atoms with van der Waals surface area (Å²) in [5.74, 6) is 0.335. The Labute approximate surface area is 110 Å². The van der Waals surface area contributed by atoms with Crippen molar-refractivity contribution in [3.05, 3.63) is 28.5 Å². The lowest BCUT2D eigenvalue weighted by Gasteiger charge is -2.18. The standard InChI is InChI=1S/C13H17BrFNO/c1-2-7-16-9-13(5-6-13)17-10-3-4-11(14)12(15)8-10/h3-4,8,16H,2,5-7,9H2,1H3. The third-order valence-electron chi connectivity index (χ3n) is 2.91. The van der Waals surface area contributed by atoms with E-state index < -0.39 is 0 Å². The zero-order valence-corrected chi connectivity index (χ0v) is 11.5. The molecule has 0 spiro atoms. The van der Waals surface area contributed by atoms with Crippen molar-refractivity contribution in [2.45, 2.75) is 31.8 Å². The Kier molecular flexibility index (Phi) is 4.05. The van der Waals surface area contributed by atoms with Gasteiger partial charge in [-0.15, -0.1) is 0 Å². The highest BCUT2D eigenvalue weighted by Crippen LogP contribution is 2.40. The van der Waals surface area contributed by atoms with Crippen LogP contribution in [0.1, 0.15) is 26.2 Å². The third-order valence-corrected chi connectivity index (χ3v) is 3.55. The average molecular weight is 302 g/mol. The molecule has 0 heterocycles. The lowest BCUT2D eigenvalue weighted by Crippen LogP contribution is -2.33. The van der Waals surface area contributed by atoms with Gasteiger partial charge in [-0.25, -0.2) is 4.39 Å². The van der Waals surface area contributed by atoms with Gasteiger partial charge in [-0.3, -0.25) is 0 Å². The Balaban J connectivity index is 1.93. The summed E-state index contributed by atoms with van der Waals surface area (Å²) in [4.78, 5) is 0. The SMILES string of the molecule is CCCNCC1(Oc2ccc(Br)c(F)c2)CC1. The maximum absolute atomic E-state index is 13.3. The van der Waals surface area contributed by atoms with E-state index in [-0.39, 0.29) is 11.4 Å². The van der Waals surface area contributed by atoms with Gasteiger partial charge in [0.1, 0.15) is 17.2 Å². The van der Waals surface area contributed by atoms with Gasteiger partial charge in [0.15, 0.2) is 0 Å². The predicted molar refractivity (Wildman–Crippen MR) is 69.9 cm³/mol. The predicted octanol–water partition coefficient (Wildman–Crippen LogP) is 3.50. The minimum atomic E-state index is -0.278. The minimum Gasteiger partial charge on any atom is -0.486 e. The van der Waals surface area contributed by atoms with Crippen LogP contribution in [0.4, 0.5) is 4.39 Å². The van der Waals surface area contributed by atoms with Gasteiger partial charge in [0.05, 0.1) is 4.47 Å². The molecule has 1 fully saturated rings. The third kappa shape index (κ3) is 3.42. The second-order valence-corrected chi connectivity index (χ2v) is 5.39. The molecule has 0 atom stereocenters. The van der Waals surface area contributed by atoms with Crippen LogP contribution in [0.15, 0.2) is 22.7 Å². The Bertz CT molecular complexity index is 393. The molecular formula is C13H17BrFNO. The molecule has 4 heteroatoms. The molecule has 1 aliphatic rings. The summed E-state index contributed by atoms with van der Waals surface area (Å²) < 4.78 is 19.7. The molecule has 0 saturated heterocycles. The van der Waals surface area contributed by atoms with Gasteiger partial charge in [-0.05, 0) is 53.9 Å². The van der Waals surface area contributed by atoms with E-state index in [4.69, 9.17) is 4.74 Å². The number of hydrogen-bond donors (Lipinski definition) is 1. The van der Waals surface area contributed by atoms with Crippen LogP contribution < -0.4 is 10.1 Å². The van der Waals surface area contributed by atoms with Crippen LogP contribution in [0.25, 0.3) is 0 Å². The van der Waals surface area contributed by atoms with Crippen LogP contribution in [0.2, 0.25) is 0 Å². The number of nitrogens with one attached hydrogen (secondary N) is 1. The van der Waals surface area contributed by atoms with Crippen molar-refractivity contribution >= 4 is 15.9 Å². The zero-order valence-electron chi connectivity index (χ0n) is 9.93. The van der Waals surface area contributed by atoms with Gasteiger partial charge >= 0.3 is 0 Å². The lowest BCUT2D eigenvalue weighted by molar-refractivity contribution is 0.175. The molecule has 1 aliphatic carbocycles. The van der Waals surface area contributed by atoms with Crippen molar-refractivity contribution < 1.29 is 9.13 Å². The first-order valence-electron chi connectivity index (χ1n) is 6.00. The number of rotatable bonds is 6. The molecule has 1 N–H and O–H groups in total. The number of benzene rings is 1. The first-order valence-corrected chi connectivity index (χ1v) is 6.79. The molecule has 94 valence electrons. The molecule has 0 amide bonds. The Morgan fingerprint density at radius 1 is 1.47 bits per heavy atom. The van der Waals surface area contributed by atoms with Gasteiger partial charge in [0.25, 0.3) is 0 Å². The monoisotopic (exact) mass is 301 g/mol. The normalized spacial score (nSPS) is 16.9. The number of ether oxygens (including phenoxy) is 1. The quantitative estimate of drug-likeness (QED) is 0.812. The highest BCUT2D eigenvalue weighted by atomic mass is 79.9. The maximum atomic E-state index is 13.3. The molecule has 17 heavy (non-hydrogen) atoms. The van der Waals surface area contributed by atoms with Crippen LogP contribution in [0, 0.1) is 5.82 Å². The van der Waals surface area contributed by atoms with E-state index in [1.807, 2.05) is 0 Å². The van der Waals surface area contributed by atoms with Gasteiger partial charge in [0, 0.05) is 12.6 Å². The second-order valence-electron chi connectivity index (χ2n) is 4.54. The first-order chi connectivity index (χ1) is 8.15. The van der Waals surface area contributed by atoms with Gasteiger partial charge in [0.2, 0.25) is 0 Å². The van der Waals surface area contributed by atoms with E-state index in [0.29, 0.717) is 10.2 Å². The molecule has 2 nitrogen and oxygen atoms in total. The molecule has 1 aromatic rings. The van der Waals surface area contributed by atoms with Crippen molar-refractivity contribution in [2.24, 2.45) is 0 Å². The molecular weight excluding hydrogens is 285 g/mol. The summed E-state index contributed by atoms with van der Waals surface area (Å²) in [6.45, 7) is 3.98. The van der Waals surface area contributed by atoms with E-state index in [1.165, 1.54) is 6.07 Å². The van der Waals surface area contributed by atoms with Gasteiger partial charge in [-0.1, -0.05) is 6.92 Å². The smallest absolute Gasteiger partial charge is 0.141 e. The number of halogens is 2. The van der Waals surface area contributed by atoms with Crippen molar-refractivity contribution in [3.63, 3.8) is 0 Å². The number of hydrogen-bond acceptors (Lipinski definition) is 2. The molecule has 1 aromatic carbocycles. The van der Waals surface area contributed by atoms with E-state index in [9.17, 15) is 4.39 Å². The average Bonchev–Trinajstić information content (AvgIpc) is 3.04. The lowest BCUT2D eigenvalue weighted by atomic mass is 10.3. The first kappa shape index (κ1) is 12.8. The fourth-order valence-electron chi connectivity index (χ4n) is 1.74. The highest BCUT2D eigenvalue weighted by Gasteiger charge is 2.45. The molecule has 1 saturated carbocycles. The molecule has 2 rings (SSSR count). The fraction of sp³-hybridized carbons (Fsp3) is 0.538. The van der Waals surface area contributed by atoms with E-state index in [2.05, 4.69) is 28.2 Å². The van der Waals surface area contributed by atoms with Gasteiger partial charge < -0.3 is 10.1 Å². The summed E-state index contributed by atoms with van der Waals surface area (Å²) >= 11 is 3.13. The Morgan fingerprint density at radius 2 is 2.24 bits per heavy atom. The summed E-state index contributed by atoms with van der Waals surface area (Å²) in [6, 6.07) is 4.91. The minimum absolute atomic E-state index is 0.102.